The average Bonchev–Trinajstić information content (AvgIpc) is 3.49. The van der Waals surface area contributed by atoms with Crippen molar-refractivity contribution in [2.24, 2.45) is 0 Å². The monoisotopic (exact) mass is 409 g/mol. The number of fused-ring (bicyclic) bond motifs is 1. The largest absolute Gasteiger partial charge is 0.373 e. The number of anilines is 2. The molecule has 2 fully saturated rings. The maximum atomic E-state index is 12.6. The van der Waals surface area contributed by atoms with Crippen LogP contribution < -0.4 is 21.3 Å². The summed E-state index contributed by atoms with van der Waals surface area (Å²) in [4.78, 5) is 17.3. The molecule has 1 saturated carbocycles. The van der Waals surface area contributed by atoms with Gasteiger partial charge in [0, 0.05) is 31.5 Å². The van der Waals surface area contributed by atoms with Gasteiger partial charge in [-0.1, -0.05) is 6.08 Å². The van der Waals surface area contributed by atoms with Crippen LogP contribution in [-0.2, 0) is 4.74 Å². The number of dihydropyridines is 1. The zero-order valence-corrected chi connectivity index (χ0v) is 17.0. The van der Waals surface area contributed by atoms with Gasteiger partial charge in [0.2, 0.25) is 0 Å². The van der Waals surface area contributed by atoms with Crippen LogP contribution in [0.2, 0.25) is 0 Å². The number of amides is 1. The topological polar surface area (TPSA) is 105 Å². The van der Waals surface area contributed by atoms with Crippen molar-refractivity contribution in [3.63, 3.8) is 0 Å². The van der Waals surface area contributed by atoms with E-state index in [4.69, 9.17) is 4.74 Å². The molecule has 30 heavy (non-hydrogen) atoms. The van der Waals surface area contributed by atoms with Crippen LogP contribution in [0, 0.1) is 0 Å². The molecule has 0 spiro atoms. The number of carbonyl (C=O) groups is 1. The summed E-state index contributed by atoms with van der Waals surface area (Å²) in [7, 11) is 1.82. The molecule has 2 unspecified atom stereocenters. The highest BCUT2D eigenvalue weighted by Gasteiger charge is 2.26. The van der Waals surface area contributed by atoms with Crippen molar-refractivity contribution in [2.45, 2.75) is 50.4 Å². The van der Waals surface area contributed by atoms with Gasteiger partial charge in [-0.25, -0.2) is 4.98 Å². The standard InChI is InChI=1S/C21H27N7O2/c1-22-19-11-18(26-17-7-4-5-15(25-17)16-6-2-3-10-30-16)27-20-14(12-23-28(19)20)21(29)24-13-8-9-13/h4-5,7,11-13,16-17,22,25H,2-3,6,8-10H2,1H3,(H,24,29)(H,26,27). The zero-order valence-electron chi connectivity index (χ0n) is 17.0. The van der Waals surface area contributed by atoms with E-state index in [2.05, 4.69) is 37.4 Å². The van der Waals surface area contributed by atoms with E-state index in [-0.39, 0.29) is 24.2 Å². The van der Waals surface area contributed by atoms with Crippen LogP contribution in [-0.4, -0.2) is 52.5 Å². The molecule has 2 atom stereocenters. The molecule has 9 nitrogen and oxygen atoms in total. The fraction of sp³-hybridized carbons (Fsp3) is 0.476. The predicted molar refractivity (Wildman–Crippen MR) is 114 cm³/mol. The molecule has 4 heterocycles. The lowest BCUT2D eigenvalue weighted by Crippen LogP contribution is -2.41. The second-order valence-corrected chi connectivity index (χ2v) is 7.95. The van der Waals surface area contributed by atoms with E-state index in [1.165, 1.54) is 6.42 Å². The van der Waals surface area contributed by atoms with Crippen LogP contribution in [0.4, 0.5) is 11.6 Å². The second-order valence-electron chi connectivity index (χ2n) is 7.95. The van der Waals surface area contributed by atoms with Crippen LogP contribution >= 0.6 is 0 Å². The van der Waals surface area contributed by atoms with Crippen molar-refractivity contribution >= 4 is 23.2 Å². The molecule has 3 aliphatic rings. The number of ether oxygens (including phenoxy) is 1. The summed E-state index contributed by atoms with van der Waals surface area (Å²) in [6.07, 6.45) is 13.1. The molecule has 2 aromatic heterocycles. The highest BCUT2D eigenvalue weighted by molar-refractivity contribution is 6.00. The molecule has 9 heteroatoms. The van der Waals surface area contributed by atoms with Crippen LogP contribution in [0.1, 0.15) is 42.5 Å². The minimum absolute atomic E-state index is 0.115. The molecule has 0 aromatic carbocycles. The van der Waals surface area contributed by atoms with E-state index in [9.17, 15) is 4.79 Å². The Balaban J connectivity index is 1.36. The lowest BCUT2D eigenvalue weighted by molar-refractivity contribution is 0.0347. The first-order valence-corrected chi connectivity index (χ1v) is 10.6. The molecule has 2 aromatic rings. The molecule has 0 bridgehead atoms. The lowest BCUT2D eigenvalue weighted by atomic mass is 10.0. The molecule has 4 N–H and O–H groups in total. The van der Waals surface area contributed by atoms with Gasteiger partial charge in [-0.15, -0.1) is 0 Å². The Kier molecular flexibility index (Phi) is 5.04. The number of nitrogens with zero attached hydrogens (tertiary/aromatic N) is 3. The number of hydrogen-bond donors (Lipinski definition) is 4. The first kappa shape index (κ1) is 18.9. The van der Waals surface area contributed by atoms with Gasteiger partial charge in [-0.3, -0.25) is 4.79 Å². The number of nitrogens with one attached hydrogen (secondary N) is 4. The quantitative estimate of drug-likeness (QED) is 0.579. The van der Waals surface area contributed by atoms with Crippen molar-refractivity contribution in [3.05, 3.63) is 41.8 Å². The van der Waals surface area contributed by atoms with Gasteiger partial charge in [-0.2, -0.15) is 9.61 Å². The third kappa shape index (κ3) is 3.85. The van der Waals surface area contributed by atoms with E-state index in [0.29, 0.717) is 17.0 Å². The van der Waals surface area contributed by atoms with Gasteiger partial charge < -0.3 is 26.0 Å². The first-order valence-electron chi connectivity index (χ1n) is 10.6. The third-order valence-corrected chi connectivity index (χ3v) is 5.62. The van der Waals surface area contributed by atoms with Crippen molar-refractivity contribution in [3.8, 4) is 0 Å². The Morgan fingerprint density at radius 1 is 1.30 bits per heavy atom. The van der Waals surface area contributed by atoms with E-state index in [1.807, 2.05) is 25.3 Å². The Morgan fingerprint density at radius 2 is 2.20 bits per heavy atom. The summed E-state index contributed by atoms with van der Waals surface area (Å²) in [5, 5.41) is 17.4. The second kappa shape index (κ2) is 7.98. The maximum Gasteiger partial charge on any atom is 0.256 e. The van der Waals surface area contributed by atoms with Crippen molar-refractivity contribution in [2.75, 3.05) is 24.3 Å². The van der Waals surface area contributed by atoms with Gasteiger partial charge in [0.25, 0.3) is 5.91 Å². The fourth-order valence-corrected chi connectivity index (χ4v) is 3.84. The minimum atomic E-state index is -0.130. The zero-order chi connectivity index (χ0) is 20.5. The SMILES string of the molecule is CNc1cc(NC2C=CC=C(C3CCCCO3)N2)nc2c(C(=O)NC3CC3)cnn12. The highest BCUT2D eigenvalue weighted by Crippen LogP contribution is 2.24. The van der Waals surface area contributed by atoms with E-state index < -0.39 is 0 Å². The number of aromatic nitrogens is 3. The summed E-state index contributed by atoms with van der Waals surface area (Å²) in [5.74, 6) is 1.27. The van der Waals surface area contributed by atoms with Gasteiger partial charge in [0.15, 0.2) is 5.65 Å². The van der Waals surface area contributed by atoms with Crippen LogP contribution in [0.3, 0.4) is 0 Å². The Hall–Kier alpha value is -3.07. The lowest BCUT2D eigenvalue weighted by Gasteiger charge is -2.30. The Labute approximate surface area is 175 Å². The summed E-state index contributed by atoms with van der Waals surface area (Å²) >= 11 is 0. The Morgan fingerprint density at radius 3 is 2.97 bits per heavy atom. The van der Waals surface area contributed by atoms with Gasteiger partial charge in [0.05, 0.1) is 12.3 Å². The molecule has 1 saturated heterocycles. The van der Waals surface area contributed by atoms with Gasteiger partial charge in [-0.05, 0) is 44.3 Å². The molecule has 1 amide bonds. The van der Waals surface area contributed by atoms with Gasteiger partial charge in [0.1, 0.15) is 23.4 Å². The normalized spacial score (nSPS) is 23.6. The molecule has 5 rings (SSSR count). The smallest absolute Gasteiger partial charge is 0.256 e. The number of allylic oxidation sites excluding steroid dienone is 2. The summed E-state index contributed by atoms with van der Waals surface area (Å²) < 4.78 is 7.56. The van der Waals surface area contributed by atoms with Crippen LogP contribution in [0.15, 0.2) is 36.2 Å². The third-order valence-electron chi connectivity index (χ3n) is 5.62. The summed E-state index contributed by atoms with van der Waals surface area (Å²) in [5.41, 5.74) is 2.08. The fourth-order valence-electron chi connectivity index (χ4n) is 3.84. The molecule has 158 valence electrons. The molecular formula is C21H27N7O2. The minimum Gasteiger partial charge on any atom is -0.373 e. The highest BCUT2D eigenvalue weighted by atomic mass is 16.5. The van der Waals surface area contributed by atoms with Crippen molar-refractivity contribution in [1.29, 1.82) is 0 Å². The van der Waals surface area contributed by atoms with Crippen molar-refractivity contribution < 1.29 is 9.53 Å². The van der Waals surface area contributed by atoms with Gasteiger partial charge >= 0.3 is 0 Å². The number of hydrogen-bond acceptors (Lipinski definition) is 7. The molecular weight excluding hydrogens is 382 g/mol. The van der Waals surface area contributed by atoms with E-state index in [0.717, 1.165) is 43.8 Å². The Bertz CT molecular complexity index is 1000. The average molecular weight is 409 g/mol. The predicted octanol–water partition coefficient (Wildman–Crippen LogP) is 2.01. The van der Waals surface area contributed by atoms with Crippen LogP contribution in [0.25, 0.3) is 5.65 Å². The summed E-state index contributed by atoms with van der Waals surface area (Å²) in [6, 6.07) is 2.16. The van der Waals surface area contributed by atoms with Crippen molar-refractivity contribution in [1.82, 2.24) is 25.2 Å². The number of rotatable bonds is 6. The molecule has 2 aliphatic heterocycles. The van der Waals surface area contributed by atoms with E-state index in [1.54, 1.807) is 10.7 Å². The summed E-state index contributed by atoms with van der Waals surface area (Å²) in [6.45, 7) is 0.808. The molecule has 0 radical (unpaired) electrons. The maximum absolute atomic E-state index is 12.6. The van der Waals surface area contributed by atoms with E-state index >= 15 is 0 Å². The van der Waals surface area contributed by atoms with Crippen LogP contribution in [0.5, 0.6) is 0 Å². The molecule has 1 aliphatic carbocycles. The first-order chi connectivity index (χ1) is 14.7. The number of carbonyl (C=O) groups excluding carboxylic acids is 1.